The molecule has 106 valence electrons. The van der Waals surface area contributed by atoms with Crippen molar-refractivity contribution < 1.29 is 9.13 Å². The van der Waals surface area contributed by atoms with Crippen molar-refractivity contribution in [2.75, 3.05) is 12.4 Å². The van der Waals surface area contributed by atoms with Gasteiger partial charge < -0.3 is 10.1 Å². The number of halogens is 2. The number of benzene rings is 2. The zero-order valence-electron chi connectivity index (χ0n) is 11.7. The second-order valence-electron chi connectivity index (χ2n) is 4.72. The van der Waals surface area contributed by atoms with Crippen LogP contribution in [0.1, 0.15) is 24.1 Å². The monoisotopic (exact) mass is 293 g/mol. The van der Waals surface area contributed by atoms with E-state index in [2.05, 4.69) is 5.32 Å². The standard InChI is InChI=1S/C16H17ClFNO/c1-10-4-5-12(8-15(10)18)11(2)19-16-9-13(20-3)6-7-14(16)17/h4-9,11,19H,1-3H3. The first-order valence-electron chi connectivity index (χ1n) is 6.37. The van der Waals surface area contributed by atoms with Gasteiger partial charge in [-0.05, 0) is 43.2 Å². The van der Waals surface area contributed by atoms with Crippen LogP contribution in [-0.2, 0) is 0 Å². The van der Waals surface area contributed by atoms with E-state index in [0.717, 1.165) is 17.0 Å². The first-order valence-corrected chi connectivity index (χ1v) is 6.75. The van der Waals surface area contributed by atoms with E-state index in [4.69, 9.17) is 16.3 Å². The van der Waals surface area contributed by atoms with Crippen LogP contribution in [0.2, 0.25) is 5.02 Å². The maximum atomic E-state index is 13.6. The van der Waals surface area contributed by atoms with Gasteiger partial charge in [-0.15, -0.1) is 0 Å². The Labute approximate surface area is 123 Å². The molecule has 0 spiro atoms. The zero-order valence-corrected chi connectivity index (χ0v) is 12.5. The van der Waals surface area contributed by atoms with Crippen LogP contribution >= 0.6 is 11.6 Å². The lowest BCUT2D eigenvalue weighted by Gasteiger charge is -2.18. The van der Waals surface area contributed by atoms with Crippen LogP contribution in [0.25, 0.3) is 0 Å². The molecule has 4 heteroatoms. The molecule has 20 heavy (non-hydrogen) atoms. The Bertz CT molecular complexity index is 615. The Morgan fingerprint density at radius 2 is 1.95 bits per heavy atom. The molecule has 1 unspecified atom stereocenters. The number of hydrogen-bond acceptors (Lipinski definition) is 2. The molecule has 0 aliphatic heterocycles. The third-order valence-corrected chi connectivity index (χ3v) is 3.57. The van der Waals surface area contributed by atoms with Crippen LogP contribution in [0.4, 0.5) is 10.1 Å². The van der Waals surface area contributed by atoms with Crippen molar-refractivity contribution in [3.63, 3.8) is 0 Å². The summed E-state index contributed by atoms with van der Waals surface area (Å²) in [6, 6.07) is 10.6. The molecule has 0 amide bonds. The first-order chi connectivity index (χ1) is 9.51. The number of methoxy groups -OCH3 is 1. The van der Waals surface area contributed by atoms with Gasteiger partial charge in [-0.1, -0.05) is 23.7 Å². The van der Waals surface area contributed by atoms with E-state index in [0.29, 0.717) is 10.6 Å². The molecule has 2 aromatic rings. The lowest BCUT2D eigenvalue weighted by Crippen LogP contribution is -2.07. The molecular weight excluding hydrogens is 277 g/mol. The minimum absolute atomic E-state index is 0.0605. The SMILES string of the molecule is COc1ccc(Cl)c(NC(C)c2ccc(C)c(F)c2)c1. The Hall–Kier alpha value is -1.74. The highest BCUT2D eigenvalue weighted by atomic mass is 35.5. The highest BCUT2D eigenvalue weighted by Crippen LogP contribution is 2.30. The van der Waals surface area contributed by atoms with Gasteiger partial charge in [0.05, 0.1) is 17.8 Å². The largest absolute Gasteiger partial charge is 0.497 e. The van der Waals surface area contributed by atoms with Crippen LogP contribution in [0.3, 0.4) is 0 Å². The molecule has 0 saturated heterocycles. The predicted molar refractivity (Wildman–Crippen MR) is 81.2 cm³/mol. The second-order valence-corrected chi connectivity index (χ2v) is 5.13. The maximum Gasteiger partial charge on any atom is 0.126 e. The predicted octanol–water partition coefficient (Wildman–Crippen LogP) is 4.97. The fraction of sp³-hybridized carbons (Fsp3) is 0.250. The maximum absolute atomic E-state index is 13.6. The average molecular weight is 294 g/mol. The summed E-state index contributed by atoms with van der Waals surface area (Å²) in [6.07, 6.45) is 0. The molecule has 0 saturated carbocycles. The van der Waals surface area contributed by atoms with E-state index >= 15 is 0 Å². The Morgan fingerprint density at radius 3 is 2.60 bits per heavy atom. The number of nitrogens with one attached hydrogen (secondary N) is 1. The molecular formula is C16H17ClFNO. The Balaban J connectivity index is 2.22. The van der Waals surface area contributed by atoms with Gasteiger partial charge in [-0.2, -0.15) is 0 Å². The normalized spacial score (nSPS) is 12.1. The van der Waals surface area contributed by atoms with Gasteiger partial charge in [0.25, 0.3) is 0 Å². The van der Waals surface area contributed by atoms with Gasteiger partial charge in [0, 0.05) is 12.1 Å². The van der Waals surface area contributed by atoms with E-state index in [1.54, 1.807) is 38.3 Å². The highest BCUT2D eigenvalue weighted by molar-refractivity contribution is 6.33. The number of anilines is 1. The summed E-state index contributed by atoms with van der Waals surface area (Å²) in [4.78, 5) is 0. The van der Waals surface area contributed by atoms with E-state index in [-0.39, 0.29) is 11.9 Å². The van der Waals surface area contributed by atoms with Gasteiger partial charge in [0.1, 0.15) is 11.6 Å². The number of hydrogen-bond donors (Lipinski definition) is 1. The van der Waals surface area contributed by atoms with E-state index in [1.165, 1.54) is 0 Å². The molecule has 0 aliphatic carbocycles. The summed E-state index contributed by atoms with van der Waals surface area (Å²) in [7, 11) is 1.60. The molecule has 0 fully saturated rings. The molecule has 0 aliphatic rings. The molecule has 0 radical (unpaired) electrons. The van der Waals surface area contributed by atoms with Crippen LogP contribution < -0.4 is 10.1 Å². The topological polar surface area (TPSA) is 21.3 Å². The van der Waals surface area contributed by atoms with Gasteiger partial charge in [-0.25, -0.2) is 4.39 Å². The summed E-state index contributed by atoms with van der Waals surface area (Å²) in [5, 5.41) is 3.87. The number of aryl methyl sites for hydroxylation is 1. The molecule has 2 rings (SSSR count). The first kappa shape index (κ1) is 14.7. The van der Waals surface area contributed by atoms with E-state index in [1.807, 2.05) is 19.1 Å². The summed E-state index contributed by atoms with van der Waals surface area (Å²) in [5.41, 5.74) is 2.27. The van der Waals surface area contributed by atoms with Crippen LogP contribution in [-0.4, -0.2) is 7.11 Å². The number of ether oxygens (including phenoxy) is 1. The third kappa shape index (κ3) is 3.23. The molecule has 2 nitrogen and oxygen atoms in total. The van der Waals surface area contributed by atoms with Crippen molar-refractivity contribution in [2.24, 2.45) is 0 Å². The summed E-state index contributed by atoms with van der Waals surface area (Å²) >= 11 is 6.15. The fourth-order valence-corrected chi connectivity index (χ4v) is 2.11. The molecule has 2 aromatic carbocycles. The Morgan fingerprint density at radius 1 is 1.20 bits per heavy atom. The third-order valence-electron chi connectivity index (χ3n) is 3.24. The lowest BCUT2D eigenvalue weighted by atomic mass is 10.1. The number of rotatable bonds is 4. The van der Waals surface area contributed by atoms with Gasteiger partial charge in [0.2, 0.25) is 0 Å². The fourth-order valence-electron chi connectivity index (χ4n) is 1.94. The average Bonchev–Trinajstić information content (AvgIpc) is 2.44. The molecule has 1 atom stereocenters. The summed E-state index contributed by atoms with van der Waals surface area (Å²) in [6.45, 7) is 3.70. The van der Waals surface area contributed by atoms with Crippen molar-refractivity contribution >= 4 is 17.3 Å². The summed E-state index contributed by atoms with van der Waals surface area (Å²) in [5.74, 6) is 0.520. The van der Waals surface area contributed by atoms with Crippen molar-refractivity contribution in [1.29, 1.82) is 0 Å². The molecule has 0 heterocycles. The summed E-state index contributed by atoms with van der Waals surface area (Å²) < 4.78 is 18.8. The van der Waals surface area contributed by atoms with Crippen LogP contribution in [0.5, 0.6) is 5.75 Å². The van der Waals surface area contributed by atoms with E-state index in [9.17, 15) is 4.39 Å². The highest BCUT2D eigenvalue weighted by Gasteiger charge is 2.10. The minimum Gasteiger partial charge on any atom is -0.497 e. The van der Waals surface area contributed by atoms with Crippen molar-refractivity contribution in [2.45, 2.75) is 19.9 Å². The molecule has 0 aromatic heterocycles. The van der Waals surface area contributed by atoms with Crippen LogP contribution in [0, 0.1) is 12.7 Å². The Kier molecular flexibility index (Phi) is 4.50. The smallest absolute Gasteiger partial charge is 0.126 e. The van der Waals surface area contributed by atoms with Crippen molar-refractivity contribution in [1.82, 2.24) is 0 Å². The lowest BCUT2D eigenvalue weighted by molar-refractivity contribution is 0.415. The molecule has 1 N–H and O–H groups in total. The van der Waals surface area contributed by atoms with Gasteiger partial charge in [0.15, 0.2) is 0 Å². The van der Waals surface area contributed by atoms with Crippen molar-refractivity contribution in [3.8, 4) is 5.75 Å². The minimum atomic E-state index is -0.201. The van der Waals surface area contributed by atoms with E-state index < -0.39 is 0 Å². The van der Waals surface area contributed by atoms with Crippen LogP contribution in [0.15, 0.2) is 36.4 Å². The molecule has 0 bridgehead atoms. The second kappa shape index (κ2) is 6.14. The van der Waals surface area contributed by atoms with Gasteiger partial charge in [-0.3, -0.25) is 0 Å². The quantitative estimate of drug-likeness (QED) is 0.859. The van der Waals surface area contributed by atoms with Gasteiger partial charge >= 0.3 is 0 Å². The zero-order chi connectivity index (χ0) is 14.7. The van der Waals surface area contributed by atoms with Crippen molar-refractivity contribution in [3.05, 3.63) is 58.4 Å².